The Hall–Kier alpha value is -0.610. The van der Waals surface area contributed by atoms with Crippen LogP contribution in [0.5, 0.6) is 0 Å². The fourth-order valence-corrected chi connectivity index (χ4v) is 3.05. The van der Waals surface area contributed by atoms with E-state index in [0.29, 0.717) is 24.7 Å². The Morgan fingerprint density at radius 3 is 2.63 bits per heavy atom. The molecule has 2 rings (SSSR count). The minimum Gasteiger partial charge on any atom is -0.465 e. The van der Waals surface area contributed by atoms with E-state index in [-0.39, 0.29) is 5.97 Å². The van der Waals surface area contributed by atoms with Crippen molar-refractivity contribution in [3.05, 3.63) is 0 Å². The van der Waals surface area contributed by atoms with Crippen LogP contribution in [0.15, 0.2) is 0 Å². The molecule has 110 valence electrons. The summed E-state index contributed by atoms with van der Waals surface area (Å²) in [6.07, 6.45) is 5.27. The maximum absolute atomic E-state index is 12.4. The lowest BCUT2D eigenvalue weighted by atomic mass is 9.96. The van der Waals surface area contributed by atoms with Crippen LogP contribution >= 0.6 is 0 Å². The van der Waals surface area contributed by atoms with Crippen LogP contribution in [0.1, 0.15) is 52.9 Å². The number of hydrogen-bond donors (Lipinski definition) is 1. The van der Waals surface area contributed by atoms with Gasteiger partial charge in [-0.15, -0.1) is 0 Å². The Labute approximate surface area is 116 Å². The maximum atomic E-state index is 12.4. The first-order valence-electron chi connectivity index (χ1n) is 7.65. The van der Waals surface area contributed by atoms with Gasteiger partial charge >= 0.3 is 5.97 Å². The van der Waals surface area contributed by atoms with E-state index in [4.69, 9.17) is 4.74 Å². The average Bonchev–Trinajstić information content (AvgIpc) is 3.06. The van der Waals surface area contributed by atoms with Crippen molar-refractivity contribution in [1.29, 1.82) is 0 Å². The number of esters is 1. The lowest BCUT2D eigenvalue weighted by molar-refractivity contribution is -0.151. The van der Waals surface area contributed by atoms with Crippen LogP contribution < -0.4 is 5.32 Å². The highest BCUT2D eigenvalue weighted by Gasteiger charge is 2.49. The van der Waals surface area contributed by atoms with Crippen molar-refractivity contribution in [1.82, 2.24) is 10.2 Å². The molecule has 2 saturated carbocycles. The summed E-state index contributed by atoms with van der Waals surface area (Å²) in [5, 5.41) is 3.57. The normalized spacial score (nSPS) is 31.2. The van der Waals surface area contributed by atoms with Crippen molar-refractivity contribution in [2.24, 2.45) is 0 Å². The van der Waals surface area contributed by atoms with Gasteiger partial charge in [-0.05, 0) is 59.9 Å². The van der Waals surface area contributed by atoms with Gasteiger partial charge in [0.25, 0.3) is 0 Å². The monoisotopic (exact) mass is 268 g/mol. The van der Waals surface area contributed by atoms with E-state index >= 15 is 0 Å². The molecular formula is C15H28N2O2. The summed E-state index contributed by atoms with van der Waals surface area (Å²) in [5.41, 5.74) is -0.426. The van der Waals surface area contributed by atoms with Gasteiger partial charge in [0.05, 0.1) is 6.61 Å². The summed E-state index contributed by atoms with van der Waals surface area (Å²) >= 11 is 0. The summed E-state index contributed by atoms with van der Waals surface area (Å²) in [6.45, 7) is 6.77. The predicted octanol–water partition coefficient (Wildman–Crippen LogP) is 1.93. The number of carbonyl (C=O) groups is 1. The van der Waals surface area contributed by atoms with E-state index in [1.807, 2.05) is 6.92 Å². The Morgan fingerprint density at radius 1 is 1.42 bits per heavy atom. The summed E-state index contributed by atoms with van der Waals surface area (Å²) in [7, 11) is 2.16. The first kappa shape index (κ1) is 14.8. The molecule has 2 aliphatic carbocycles. The van der Waals surface area contributed by atoms with Crippen LogP contribution in [0, 0.1) is 0 Å². The van der Waals surface area contributed by atoms with E-state index in [1.54, 1.807) is 0 Å². The zero-order chi connectivity index (χ0) is 14.0. The fraction of sp³-hybridized carbons (Fsp3) is 0.933. The van der Waals surface area contributed by atoms with Crippen molar-refractivity contribution >= 4 is 5.97 Å². The standard InChI is InChI=1S/C15H28N2O2/c1-5-19-14(18)15(16-12-6-7-12)9-8-13(10-15)17(4)11(2)3/h11-13,16H,5-10H2,1-4H3. The predicted molar refractivity (Wildman–Crippen MR) is 76.1 cm³/mol. The fourth-order valence-electron chi connectivity index (χ4n) is 3.05. The molecule has 0 radical (unpaired) electrons. The van der Waals surface area contributed by atoms with E-state index in [0.717, 1.165) is 19.3 Å². The lowest BCUT2D eigenvalue weighted by Crippen LogP contribution is -2.53. The highest BCUT2D eigenvalue weighted by Crippen LogP contribution is 2.37. The largest absolute Gasteiger partial charge is 0.465 e. The molecule has 0 amide bonds. The molecule has 1 N–H and O–H groups in total. The van der Waals surface area contributed by atoms with Gasteiger partial charge in [-0.2, -0.15) is 0 Å². The topological polar surface area (TPSA) is 41.6 Å². The second-order valence-electron chi connectivity index (χ2n) is 6.38. The molecule has 0 heterocycles. The molecule has 2 aliphatic rings. The highest BCUT2D eigenvalue weighted by molar-refractivity contribution is 5.81. The number of rotatable bonds is 6. The van der Waals surface area contributed by atoms with Crippen molar-refractivity contribution in [3.8, 4) is 0 Å². The third-order valence-corrected chi connectivity index (χ3v) is 4.60. The average molecular weight is 268 g/mol. The zero-order valence-corrected chi connectivity index (χ0v) is 12.7. The second-order valence-corrected chi connectivity index (χ2v) is 6.38. The van der Waals surface area contributed by atoms with E-state index < -0.39 is 5.54 Å². The van der Waals surface area contributed by atoms with Gasteiger partial charge in [0.2, 0.25) is 0 Å². The van der Waals surface area contributed by atoms with Gasteiger partial charge in [0.15, 0.2) is 0 Å². The Balaban J connectivity index is 2.05. The molecule has 0 bridgehead atoms. The van der Waals surface area contributed by atoms with E-state index in [2.05, 4.69) is 31.1 Å². The van der Waals surface area contributed by atoms with Crippen molar-refractivity contribution in [2.75, 3.05) is 13.7 Å². The number of carbonyl (C=O) groups excluding carboxylic acids is 1. The third kappa shape index (κ3) is 3.29. The van der Waals surface area contributed by atoms with Crippen LogP contribution in [0.4, 0.5) is 0 Å². The zero-order valence-electron chi connectivity index (χ0n) is 12.7. The maximum Gasteiger partial charge on any atom is 0.326 e. The number of ether oxygens (including phenoxy) is 1. The number of hydrogen-bond acceptors (Lipinski definition) is 4. The summed E-state index contributed by atoms with van der Waals surface area (Å²) in [6, 6.07) is 1.53. The van der Waals surface area contributed by atoms with Crippen LogP contribution in [0.25, 0.3) is 0 Å². The second kappa shape index (κ2) is 5.80. The molecule has 4 nitrogen and oxygen atoms in total. The summed E-state index contributed by atoms with van der Waals surface area (Å²) in [5.74, 6) is -0.0402. The molecule has 2 atom stereocenters. The Bertz CT molecular complexity index is 328. The number of nitrogens with zero attached hydrogens (tertiary/aromatic N) is 1. The first-order chi connectivity index (χ1) is 8.98. The van der Waals surface area contributed by atoms with Gasteiger partial charge in [-0.1, -0.05) is 0 Å². The first-order valence-corrected chi connectivity index (χ1v) is 7.65. The molecule has 0 aliphatic heterocycles. The summed E-state index contributed by atoms with van der Waals surface area (Å²) < 4.78 is 5.33. The Morgan fingerprint density at radius 2 is 2.11 bits per heavy atom. The number of nitrogens with one attached hydrogen (secondary N) is 1. The summed E-state index contributed by atoms with van der Waals surface area (Å²) in [4.78, 5) is 14.7. The van der Waals surface area contributed by atoms with Gasteiger partial charge < -0.3 is 9.64 Å². The molecule has 0 saturated heterocycles. The molecule has 0 aromatic rings. The van der Waals surface area contributed by atoms with Crippen LogP contribution in [-0.2, 0) is 9.53 Å². The minimum atomic E-state index is -0.426. The molecule has 2 unspecified atom stereocenters. The Kier molecular flexibility index (Phi) is 4.51. The molecule has 4 heteroatoms. The lowest BCUT2D eigenvalue weighted by Gasteiger charge is -2.32. The van der Waals surface area contributed by atoms with Crippen LogP contribution in [0.3, 0.4) is 0 Å². The van der Waals surface area contributed by atoms with Gasteiger partial charge in [-0.3, -0.25) is 10.1 Å². The third-order valence-electron chi connectivity index (χ3n) is 4.60. The molecule has 2 fully saturated rings. The SMILES string of the molecule is CCOC(=O)C1(NC2CC2)CCC(N(C)C(C)C)C1. The molecular weight excluding hydrogens is 240 g/mol. The van der Waals surface area contributed by atoms with Crippen LogP contribution in [-0.4, -0.2) is 48.2 Å². The smallest absolute Gasteiger partial charge is 0.326 e. The highest BCUT2D eigenvalue weighted by atomic mass is 16.5. The van der Waals surface area contributed by atoms with Crippen molar-refractivity contribution in [2.45, 2.75) is 76.5 Å². The minimum absolute atomic E-state index is 0.0402. The molecule has 0 aromatic heterocycles. The van der Waals surface area contributed by atoms with Crippen molar-refractivity contribution < 1.29 is 9.53 Å². The van der Waals surface area contributed by atoms with Gasteiger partial charge in [-0.25, -0.2) is 0 Å². The van der Waals surface area contributed by atoms with Gasteiger partial charge in [0.1, 0.15) is 5.54 Å². The van der Waals surface area contributed by atoms with E-state index in [1.165, 1.54) is 12.8 Å². The van der Waals surface area contributed by atoms with Gasteiger partial charge in [0, 0.05) is 18.1 Å². The quantitative estimate of drug-likeness (QED) is 0.748. The van der Waals surface area contributed by atoms with Crippen LogP contribution in [0.2, 0.25) is 0 Å². The molecule has 19 heavy (non-hydrogen) atoms. The molecule has 0 aromatic carbocycles. The van der Waals surface area contributed by atoms with Crippen molar-refractivity contribution in [3.63, 3.8) is 0 Å². The molecule has 0 spiro atoms. The van der Waals surface area contributed by atoms with E-state index in [9.17, 15) is 4.79 Å².